The maximum atomic E-state index is 11.6. The van der Waals surface area contributed by atoms with Crippen LogP contribution in [-0.2, 0) is 9.53 Å². The van der Waals surface area contributed by atoms with Crippen LogP contribution in [0.15, 0.2) is 18.2 Å². The molecule has 0 aliphatic heterocycles. The van der Waals surface area contributed by atoms with E-state index in [1.165, 1.54) is 11.1 Å². The van der Waals surface area contributed by atoms with E-state index in [0.29, 0.717) is 26.3 Å². The molecule has 1 aromatic rings. The second-order valence-corrected chi connectivity index (χ2v) is 5.54. The Morgan fingerprint density at radius 3 is 2.33 bits per heavy atom. The lowest BCUT2D eigenvalue weighted by Gasteiger charge is -2.25. The lowest BCUT2D eigenvalue weighted by atomic mass is 10.1. The van der Waals surface area contributed by atoms with E-state index in [4.69, 9.17) is 9.47 Å². The normalized spacial score (nSPS) is 11.0. The summed E-state index contributed by atoms with van der Waals surface area (Å²) in [6.07, 6.45) is 0. The van der Waals surface area contributed by atoms with Gasteiger partial charge in [-0.15, -0.1) is 0 Å². The first-order chi connectivity index (χ1) is 9.92. The van der Waals surface area contributed by atoms with Crippen LogP contribution < -0.4 is 4.74 Å². The van der Waals surface area contributed by atoms with Crippen molar-refractivity contribution < 1.29 is 14.3 Å². The van der Waals surface area contributed by atoms with Crippen molar-refractivity contribution in [2.75, 3.05) is 26.3 Å². The van der Waals surface area contributed by atoms with Gasteiger partial charge in [-0.2, -0.15) is 0 Å². The second-order valence-electron chi connectivity index (χ2n) is 5.54. The number of hydrogen-bond acceptors (Lipinski definition) is 4. The molecule has 4 heteroatoms. The van der Waals surface area contributed by atoms with Gasteiger partial charge in [0, 0.05) is 12.6 Å². The van der Waals surface area contributed by atoms with Crippen LogP contribution in [0.5, 0.6) is 5.75 Å². The van der Waals surface area contributed by atoms with Crippen LogP contribution in [0.25, 0.3) is 0 Å². The van der Waals surface area contributed by atoms with E-state index in [0.717, 1.165) is 5.75 Å². The zero-order chi connectivity index (χ0) is 15.8. The van der Waals surface area contributed by atoms with Gasteiger partial charge in [0.15, 0.2) is 0 Å². The van der Waals surface area contributed by atoms with Crippen LogP contribution in [0.4, 0.5) is 0 Å². The number of carbonyl (C=O) groups excluding carboxylic acids is 1. The molecule has 1 rings (SSSR count). The highest BCUT2D eigenvalue weighted by Gasteiger charge is 2.14. The number of aryl methyl sites for hydroxylation is 2. The molecule has 0 saturated heterocycles. The maximum Gasteiger partial charge on any atom is 0.320 e. The molecule has 118 valence electrons. The Kier molecular flexibility index (Phi) is 7.23. The zero-order valence-corrected chi connectivity index (χ0v) is 13.8. The molecule has 0 fully saturated rings. The van der Waals surface area contributed by atoms with Gasteiger partial charge in [-0.25, -0.2) is 0 Å². The minimum Gasteiger partial charge on any atom is -0.492 e. The molecular formula is C17H27NO3. The molecule has 0 amide bonds. The average molecular weight is 293 g/mol. The van der Waals surface area contributed by atoms with E-state index in [9.17, 15) is 4.79 Å². The minimum absolute atomic E-state index is 0.183. The van der Waals surface area contributed by atoms with Crippen LogP contribution in [0.2, 0.25) is 0 Å². The van der Waals surface area contributed by atoms with Crippen molar-refractivity contribution in [2.24, 2.45) is 0 Å². The molecule has 0 bridgehead atoms. The molecule has 1 aromatic carbocycles. The molecule has 4 nitrogen and oxygen atoms in total. The largest absolute Gasteiger partial charge is 0.492 e. The predicted octanol–water partition coefficient (Wildman–Crippen LogP) is 2.96. The van der Waals surface area contributed by atoms with Crippen molar-refractivity contribution in [3.63, 3.8) is 0 Å². The first kappa shape index (κ1) is 17.5. The fourth-order valence-corrected chi connectivity index (χ4v) is 2.19. The SMILES string of the molecule is CCOC(=O)CN(CCOc1cc(C)cc(C)c1)C(C)C. The summed E-state index contributed by atoms with van der Waals surface area (Å²) in [5, 5.41) is 0. The Balaban J connectivity index is 2.48. The van der Waals surface area contributed by atoms with E-state index in [2.05, 4.69) is 38.7 Å². The standard InChI is InChI=1S/C17H27NO3/c1-6-20-17(19)12-18(13(2)3)7-8-21-16-10-14(4)9-15(5)11-16/h9-11,13H,6-8,12H2,1-5H3. The predicted molar refractivity (Wildman–Crippen MR) is 84.8 cm³/mol. The first-order valence-corrected chi connectivity index (χ1v) is 7.53. The zero-order valence-electron chi connectivity index (χ0n) is 13.8. The Hall–Kier alpha value is -1.55. The average Bonchev–Trinajstić information content (AvgIpc) is 2.36. The molecule has 0 heterocycles. The summed E-state index contributed by atoms with van der Waals surface area (Å²) in [4.78, 5) is 13.6. The van der Waals surface area contributed by atoms with Crippen molar-refractivity contribution >= 4 is 5.97 Å². The van der Waals surface area contributed by atoms with Gasteiger partial charge in [0.05, 0.1) is 13.2 Å². The first-order valence-electron chi connectivity index (χ1n) is 7.53. The fourth-order valence-electron chi connectivity index (χ4n) is 2.19. The number of rotatable bonds is 8. The number of carbonyl (C=O) groups is 1. The van der Waals surface area contributed by atoms with Gasteiger partial charge >= 0.3 is 5.97 Å². The molecule has 0 spiro atoms. The topological polar surface area (TPSA) is 38.8 Å². The molecule has 0 unspecified atom stereocenters. The quantitative estimate of drug-likeness (QED) is 0.691. The number of ether oxygens (including phenoxy) is 2. The Morgan fingerprint density at radius 1 is 1.19 bits per heavy atom. The van der Waals surface area contributed by atoms with Crippen LogP contribution >= 0.6 is 0 Å². The Labute approximate surface area is 128 Å². The second kappa shape index (κ2) is 8.67. The molecule has 0 N–H and O–H groups in total. The Morgan fingerprint density at radius 2 is 1.81 bits per heavy atom. The van der Waals surface area contributed by atoms with Gasteiger partial charge in [0.25, 0.3) is 0 Å². The smallest absolute Gasteiger partial charge is 0.320 e. The van der Waals surface area contributed by atoms with Gasteiger partial charge in [0.1, 0.15) is 12.4 Å². The summed E-state index contributed by atoms with van der Waals surface area (Å²) in [7, 11) is 0. The highest BCUT2D eigenvalue weighted by Crippen LogP contribution is 2.16. The van der Waals surface area contributed by atoms with Gasteiger partial charge in [0.2, 0.25) is 0 Å². The molecule has 0 aromatic heterocycles. The van der Waals surface area contributed by atoms with E-state index in [-0.39, 0.29) is 12.0 Å². The summed E-state index contributed by atoms with van der Waals surface area (Å²) < 4.78 is 10.8. The summed E-state index contributed by atoms with van der Waals surface area (Å²) in [6, 6.07) is 6.45. The third-order valence-corrected chi connectivity index (χ3v) is 3.21. The molecule has 0 aliphatic rings. The van der Waals surface area contributed by atoms with Gasteiger partial charge in [-0.3, -0.25) is 9.69 Å². The fraction of sp³-hybridized carbons (Fsp3) is 0.588. The van der Waals surface area contributed by atoms with E-state index >= 15 is 0 Å². The van der Waals surface area contributed by atoms with Crippen LogP contribution in [0.3, 0.4) is 0 Å². The van der Waals surface area contributed by atoms with Crippen molar-refractivity contribution in [3.05, 3.63) is 29.3 Å². The summed E-state index contributed by atoms with van der Waals surface area (Å²) >= 11 is 0. The van der Waals surface area contributed by atoms with E-state index in [1.54, 1.807) is 0 Å². The molecule has 0 saturated carbocycles. The maximum absolute atomic E-state index is 11.6. The van der Waals surface area contributed by atoms with Gasteiger partial charge in [-0.05, 0) is 57.9 Å². The molecule has 0 atom stereocenters. The summed E-state index contributed by atoms with van der Waals surface area (Å²) in [5.74, 6) is 0.699. The highest BCUT2D eigenvalue weighted by molar-refractivity contribution is 5.71. The van der Waals surface area contributed by atoms with Gasteiger partial charge < -0.3 is 9.47 Å². The van der Waals surface area contributed by atoms with Crippen molar-refractivity contribution in [2.45, 2.75) is 40.7 Å². The number of nitrogens with zero attached hydrogens (tertiary/aromatic N) is 1. The number of hydrogen-bond donors (Lipinski definition) is 0. The van der Waals surface area contributed by atoms with E-state index in [1.807, 2.05) is 19.1 Å². The third kappa shape index (κ3) is 6.63. The van der Waals surface area contributed by atoms with E-state index < -0.39 is 0 Å². The van der Waals surface area contributed by atoms with Crippen LogP contribution in [0, 0.1) is 13.8 Å². The van der Waals surface area contributed by atoms with Crippen LogP contribution in [0.1, 0.15) is 31.9 Å². The number of benzene rings is 1. The van der Waals surface area contributed by atoms with Gasteiger partial charge in [-0.1, -0.05) is 6.07 Å². The molecule has 21 heavy (non-hydrogen) atoms. The summed E-state index contributed by atoms with van der Waals surface area (Å²) in [5.41, 5.74) is 2.38. The Bertz CT molecular complexity index is 437. The highest BCUT2D eigenvalue weighted by atomic mass is 16.5. The third-order valence-electron chi connectivity index (χ3n) is 3.21. The lowest BCUT2D eigenvalue weighted by Crippen LogP contribution is -2.39. The summed E-state index contributed by atoms with van der Waals surface area (Å²) in [6.45, 7) is 12.0. The van der Waals surface area contributed by atoms with Crippen molar-refractivity contribution in [1.82, 2.24) is 4.90 Å². The monoisotopic (exact) mass is 293 g/mol. The van der Waals surface area contributed by atoms with Crippen LogP contribution in [-0.4, -0.2) is 43.2 Å². The number of esters is 1. The van der Waals surface area contributed by atoms with Crippen molar-refractivity contribution in [3.8, 4) is 5.75 Å². The molecule has 0 radical (unpaired) electrons. The lowest BCUT2D eigenvalue weighted by molar-refractivity contribution is -0.145. The molecule has 0 aliphatic carbocycles. The minimum atomic E-state index is -0.183. The van der Waals surface area contributed by atoms with Crippen molar-refractivity contribution in [1.29, 1.82) is 0 Å². The molecular weight excluding hydrogens is 266 g/mol.